The van der Waals surface area contributed by atoms with E-state index in [9.17, 15) is 4.79 Å². The quantitative estimate of drug-likeness (QED) is 0.134. The van der Waals surface area contributed by atoms with Gasteiger partial charge in [0.05, 0.1) is 35.3 Å². The molecule has 1 aliphatic rings. The molecule has 1 unspecified atom stereocenters. The predicted molar refractivity (Wildman–Crippen MR) is 176 cm³/mol. The second-order valence-electron chi connectivity index (χ2n) is 11.2. The Bertz CT molecular complexity index is 1940. The number of nitrogens with one attached hydrogen (secondary N) is 3. The molecule has 236 valence electrons. The molecule has 5 aromatic rings. The minimum absolute atomic E-state index is 0.0807. The normalized spacial score (nSPS) is 15.8. The fourth-order valence-electron chi connectivity index (χ4n) is 5.37. The number of nitrogens with two attached hydrogens (primary N) is 1. The molecule has 0 saturated carbocycles. The molecule has 5 N–H and O–H groups in total. The smallest absolute Gasteiger partial charge is 0.251 e. The molecule has 1 saturated heterocycles. The van der Waals surface area contributed by atoms with E-state index in [0.717, 1.165) is 57.6 Å². The minimum Gasteiger partial charge on any atom is -0.473 e. The summed E-state index contributed by atoms with van der Waals surface area (Å²) >= 11 is 0. The third-order valence-corrected chi connectivity index (χ3v) is 7.72. The molecular weight excluding hydrogens is 584 g/mol. The van der Waals surface area contributed by atoms with Crippen molar-refractivity contribution in [3.8, 4) is 28.4 Å². The molecule has 14 heteroatoms. The van der Waals surface area contributed by atoms with Crippen LogP contribution in [0.3, 0.4) is 0 Å². The number of aromatic nitrogens is 7. The highest BCUT2D eigenvalue weighted by Gasteiger charge is 2.26. The summed E-state index contributed by atoms with van der Waals surface area (Å²) in [4.78, 5) is 40.6. The predicted octanol–water partition coefficient (Wildman–Crippen LogP) is 3.33. The Morgan fingerprint density at radius 2 is 2.13 bits per heavy atom. The van der Waals surface area contributed by atoms with Gasteiger partial charge in [0.25, 0.3) is 5.95 Å². The Hall–Kier alpha value is -5.63. The molecule has 1 atom stereocenters. The topological polar surface area (TPSA) is 177 Å². The molecule has 0 radical (unpaired) electrons. The average Bonchev–Trinajstić information content (AvgIpc) is 3.79. The van der Waals surface area contributed by atoms with Gasteiger partial charge in [-0.25, -0.2) is 19.9 Å². The highest BCUT2D eigenvalue weighted by Crippen LogP contribution is 2.33. The molecule has 14 nitrogen and oxygen atoms in total. The largest absolute Gasteiger partial charge is 0.473 e. The van der Waals surface area contributed by atoms with Gasteiger partial charge in [0, 0.05) is 74.1 Å². The van der Waals surface area contributed by atoms with Gasteiger partial charge in [0.2, 0.25) is 11.8 Å². The lowest BCUT2D eigenvalue weighted by molar-refractivity contribution is -0.117. The molecule has 4 aromatic heterocycles. The minimum atomic E-state index is -0.111. The number of allylic oxidation sites excluding steroid dienone is 1. The van der Waals surface area contributed by atoms with Crippen LogP contribution >= 0.6 is 0 Å². The lowest BCUT2D eigenvalue weighted by Gasteiger charge is -2.16. The van der Waals surface area contributed by atoms with Crippen molar-refractivity contribution in [2.45, 2.75) is 26.4 Å². The van der Waals surface area contributed by atoms with Gasteiger partial charge in [-0.3, -0.25) is 14.4 Å². The summed E-state index contributed by atoms with van der Waals surface area (Å²) in [7, 11) is 3.67. The van der Waals surface area contributed by atoms with Crippen LogP contribution in [0.2, 0.25) is 0 Å². The number of hydrogen-bond donors (Lipinski definition) is 4. The number of nitrogens with zero attached hydrogens (tertiary/aromatic N) is 8. The SMILES string of the molecule is CN/C(C)=C\C(N)=N/c1ncc(C)c(-c2c[nH]c3c(NC(=O)CN4CCC(Oc5cc(-c6cnn(C)c6)ncn5)C4)cccc23)n1. The standard InChI is InChI=1S/C32H36N12O2/c1-19-12-36-32(41-27(33)10-20(2)34-3)42-30(19)24-14-35-31-23(24)6-5-7-25(31)40-28(45)17-44-9-8-22(16-44)46-29-11-26(37-18-38-29)21-13-39-43(4)15-21/h5-7,10-15,18,22,34-35H,8-9,16-17H2,1-4H3,(H,40,45)(H2,33,36,41,42)/b20-10-. The average molecular weight is 621 g/mol. The molecule has 1 aliphatic heterocycles. The third kappa shape index (κ3) is 6.86. The van der Waals surface area contributed by atoms with Crippen LogP contribution < -0.4 is 21.1 Å². The van der Waals surface area contributed by atoms with Crippen LogP contribution in [0.5, 0.6) is 5.88 Å². The maximum absolute atomic E-state index is 13.2. The first kappa shape index (κ1) is 30.4. The van der Waals surface area contributed by atoms with E-state index in [4.69, 9.17) is 10.5 Å². The van der Waals surface area contributed by atoms with E-state index in [1.54, 1.807) is 23.2 Å². The van der Waals surface area contributed by atoms with Crippen molar-refractivity contribution in [3.05, 3.63) is 72.7 Å². The van der Waals surface area contributed by atoms with Gasteiger partial charge < -0.3 is 26.1 Å². The van der Waals surface area contributed by atoms with Crippen molar-refractivity contribution < 1.29 is 9.53 Å². The first-order chi connectivity index (χ1) is 22.2. The number of para-hydroxylation sites is 1. The molecule has 1 amide bonds. The van der Waals surface area contributed by atoms with E-state index in [-0.39, 0.29) is 24.5 Å². The van der Waals surface area contributed by atoms with E-state index in [2.05, 4.69) is 50.5 Å². The van der Waals surface area contributed by atoms with Crippen molar-refractivity contribution in [2.24, 2.45) is 17.8 Å². The number of carbonyl (C=O) groups is 1. The Morgan fingerprint density at radius 1 is 1.26 bits per heavy atom. The summed E-state index contributed by atoms with van der Waals surface area (Å²) in [5, 5.41) is 11.2. The van der Waals surface area contributed by atoms with Crippen LogP contribution in [0.1, 0.15) is 18.9 Å². The first-order valence-corrected chi connectivity index (χ1v) is 14.9. The van der Waals surface area contributed by atoms with Crippen molar-refractivity contribution in [1.82, 2.24) is 44.9 Å². The van der Waals surface area contributed by atoms with Gasteiger partial charge in [-0.2, -0.15) is 10.1 Å². The summed E-state index contributed by atoms with van der Waals surface area (Å²) in [6, 6.07) is 7.60. The highest BCUT2D eigenvalue weighted by atomic mass is 16.5. The highest BCUT2D eigenvalue weighted by molar-refractivity contribution is 6.06. The number of aryl methyl sites for hydroxylation is 2. The summed E-state index contributed by atoms with van der Waals surface area (Å²) < 4.78 is 7.87. The number of likely N-dealkylation sites (tertiary alicyclic amines) is 1. The summed E-state index contributed by atoms with van der Waals surface area (Å²) in [5.41, 5.74) is 12.5. The number of anilines is 1. The molecule has 0 aliphatic carbocycles. The number of benzene rings is 1. The molecule has 6 rings (SSSR count). The van der Waals surface area contributed by atoms with Crippen LogP contribution in [0.4, 0.5) is 11.6 Å². The second kappa shape index (κ2) is 13.2. The summed E-state index contributed by atoms with van der Waals surface area (Å²) in [5.74, 6) is 0.950. The van der Waals surface area contributed by atoms with Crippen molar-refractivity contribution in [2.75, 3.05) is 32.0 Å². The van der Waals surface area contributed by atoms with E-state index >= 15 is 0 Å². The molecule has 5 heterocycles. The molecule has 46 heavy (non-hydrogen) atoms. The number of H-pyrrole nitrogens is 1. The van der Waals surface area contributed by atoms with Crippen LogP contribution in [0.15, 0.2) is 72.1 Å². The zero-order valence-electron chi connectivity index (χ0n) is 26.2. The number of fused-ring (bicyclic) bond motifs is 1. The summed E-state index contributed by atoms with van der Waals surface area (Å²) in [6.45, 7) is 5.43. The van der Waals surface area contributed by atoms with Crippen molar-refractivity contribution in [3.63, 3.8) is 0 Å². The second-order valence-corrected chi connectivity index (χ2v) is 11.2. The molecule has 0 bridgehead atoms. The fraction of sp³-hybridized carbons (Fsp3) is 0.281. The Kier molecular flexibility index (Phi) is 8.70. The van der Waals surface area contributed by atoms with Gasteiger partial charge in [0.15, 0.2) is 0 Å². The number of rotatable bonds is 10. The van der Waals surface area contributed by atoms with E-state index in [0.29, 0.717) is 23.9 Å². The third-order valence-electron chi connectivity index (χ3n) is 7.72. The number of aromatic amines is 1. The number of amidine groups is 1. The van der Waals surface area contributed by atoms with Crippen LogP contribution in [0.25, 0.3) is 33.4 Å². The van der Waals surface area contributed by atoms with Crippen LogP contribution in [0, 0.1) is 6.92 Å². The zero-order chi connectivity index (χ0) is 32.2. The number of amides is 1. The monoisotopic (exact) mass is 620 g/mol. The van der Waals surface area contributed by atoms with Gasteiger partial charge in [0.1, 0.15) is 18.3 Å². The number of ether oxygens (including phenoxy) is 1. The molecule has 1 fully saturated rings. The zero-order valence-corrected chi connectivity index (χ0v) is 26.2. The number of hydrogen-bond acceptors (Lipinski definition) is 10. The first-order valence-electron chi connectivity index (χ1n) is 14.9. The Balaban J connectivity index is 1.11. The number of aliphatic imine (C=N–C) groups is 1. The Morgan fingerprint density at radius 3 is 2.93 bits per heavy atom. The van der Waals surface area contributed by atoms with Gasteiger partial charge in [-0.05, 0) is 38.0 Å². The van der Waals surface area contributed by atoms with Crippen LogP contribution in [-0.4, -0.2) is 84.1 Å². The van der Waals surface area contributed by atoms with E-state index < -0.39 is 0 Å². The van der Waals surface area contributed by atoms with Gasteiger partial charge >= 0.3 is 0 Å². The maximum Gasteiger partial charge on any atom is 0.251 e. The Labute approximate surface area is 265 Å². The van der Waals surface area contributed by atoms with Crippen molar-refractivity contribution >= 4 is 34.3 Å². The molecule has 1 aromatic carbocycles. The lowest BCUT2D eigenvalue weighted by atomic mass is 10.1. The van der Waals surface area contributed by atoms with Crippen molar-refractivity contribution in [1.29, 1.82) is 0 Å². The fourth-order valence-corrected chi connectivity index (χ4v) is 5.37. The molecule has 0 spiro atoms. The van der Waals surface area contributed by atoms with Gasteiger partial charge in [-0.1, -0.05) is 12.1 Å². The molecular formula is C32H36N12O2. The van der Waals surface area contributed by atoms with E-state index in [1.165, 1.54) is 6.33 Å². The van der Waals surface area contributed by atoms with Gasteiger partial charge in [-0.15, -0.1) is 0 Å². The maximum atomic E-state index is 13.2. The van der Waals surface area contributed by atoms with E-state index in [1.807, 2.05) is 64.6 Å². The summed E-state index contributed by atoms with van der Waals surface area (Å²) in [6.07, 6.45) is 11.2. The number of carbonyl (C=O) groups excluding carboxylic acids is 1. The lowest BCUT2D eigenvalue weighted by Crippen LogP contribution is -2.33. The van der Waals surface area contributed by atoms with Crippen LogP contribution in [-0.2, 0) is 11.8 Å².